The van der Waals surface area contributed by atoms with Crippen molar-refractivity contribution in [2.24, 2.45) is 0 Å². The van der Waals surface area contributed by atoms with E-state index in [0.717, 1.165) is 93.8 Å². The molecule has 0 radical (unpaired) electrons. The first-order valence-electron chi connectivity index (χ1n) is 25.4. The van der Waals surface area contributed by atoms with Crippen LogP contribution in [0.5, 0.6) is 0 Å². The molecule has 0 unspecified atom stereocenters. The SMILES string of the molecule is Cc1cc(C)cc(-c2ccc3c(c2)c2ccccc2n3-c2ccc(-c3nc(-c4ccccc4)nc(-c4ccccc4)n3)cc2-c2ccc(C(F)(F)F)cc2-n2c3ccccc3c3cc(-c4cc(C)cc(C)c4)ccc32)c1. The molecule has 366 valence electrons. The highest BCUT2D eigenvalue weighted by molar-refractivity contribution is 6.13. The number of aromatic nitrogens is 5. The first kappa shape index (κ1) is 46.4. The van der Waals surface area contributed by atoms with Gasteiger partial charge in [-0.3, -0.25) is 0 Å². The van der Waals surface area contributed by atoms with E-state index in [1.807, 2.05) is 108 Å². The Hall–Kier alpha value is -9.40. The van der Waals surface area contributed by atoms with Gasteiger partial charge in [0.15, 0.2) is 17.5 Å². The Labute approximate surface area is 437 Å². The zero-order chi connectivity index (χ0) is 51.8. The van der Waals surface area contributed by atoms with E-state index < -0.39 is 11.7 Å². The lowest BCUT2D eigenvalue weighted by molar-refractivity contribution is -0.137. The standard InChI is InChI=1S/C68H48F3N5/c1-41-31-42(2)34-50(33-41)47-23-28-61-56(37-47)53-19-11-13-21-59(53)75(61)62-30-25-49(67-73-65(45-15-7-5-8-16-45)72-66(74-67)46-17-9-6-10-18-46)39-58(62)55-27-26-52(68(69,70)71)40-64(55)76-60-22-14-12-20-54(60)57-38-48(24-29-63(57)76)51-35-43(3)32-44(4)36-51/h5-40H,1-4H3. The minimum atomic E-state index is -4.64. The third-order valence-corrected chi connectivity index (χ3v) is 14.5. The van der Waals surface area contributed by atoms with Gasteiger partial charge in [0.25, 0.3) is 0 Å². The second-order valence-corrected chi connectivity index (χ2v) is 19.9. The molecule has 0 aliphatic rings. The molecule has 0 aliphatic carbocycles. The van der Waals surface area contributed by atoms with E-state index in [4.69, 9.17) is 15.0 Å². The summed E-state index contributed by atoms with van der Waals surface area (Å²) < 4.78 is 50.3. The summed E-state index contributed by atoms with van der Waals surface area (Å²) in [6.07, 6.45) is -4.64. The molecule has 13 rings (SSSR count). The van der Waals surface area contributed by atoms with Crippen LogP contribution in [-0.2, 0) is 6.18 Å². The third kappa shape index (κ3) is 8.19. The van der Waals surface area contributed by atoms with Crippen molar-refractivity contribution in [2.45, 2.75) is 33.9 Å². The van der Waals surface area contributed by atoms with Crippen molar-refractivity contribution in [1.82, 2.24) is 24.1 Å². The molecule has 0 aliphatic heterocycles. The molecule has 0 atom stereocenters. The van der Waals surface area contributed by atoms with Gasteiger partial charge in [-0.25, -0.2) is 15.0 Å². The number of rotatable bonds is 8. The van der Waals surface area contributed by atoms with Gasteiger partial charge >= 0.3 is 6.18 Å². The van der Waals surface area contributed by atoms with Gasteiger partial charge in [-0.15, -0.1) is 0 Å². The molecule has 13 aromatic rings. The van der Waals surface area contributed by atoms with E-state index in [2.05, 4.69) is 129 Å². The van der Waals surface area contributed by atoms with Crippen LogP contribution < -0.4 is 0 Å². The maximum absolute atomic E-state index is 15.3. The lowest BCUT2D eigenvalue weighted by Crippen LogP contribution is -2.08. The van der Waals surface area contributed by atoms with Crippen molar-refractivity contribution in [1.29, 1.82) is 0 Å². The molecule has 10 aromatic carbocycles. The predicted molar refractivity (Wildman–Crippen MR) is 305 cm³/mol. The van der Waals surface area contributed by atoms with Gasteiger partial charge in [0.2, 0.25) is 0 Å². The zero-order valence-corrected chi connectivity index (χ0v) is 42.2. The smallest absolute Gasteiger partial charge is 0.309 e. The summed E-state index contributed by atoms with van der Waals surface area (Å²) in [5, 5.41) is 3.95. The fourth-order valence-electron chi connectivity index (χ4n) is 11.3. The molecular formula is C68H48F3N5. The number of benzene rings is 10. The Morgan fingerprint density at radius 3 is 1.21 bits per heavy atom. The lowest BCUT2D eigenvalue weighted by atomic mass is 9.96. The Balaban J connectivity index is 1.12. The van der Waals surface area contributed by atoms with Crippen molar-refractivity contribution >= 4 is 43.6 Å². The van der Waals surface area contributed by atoms with E-state index in [-0.39, 0.29) is 0 Å². The van der Waals surface area contributed by atoms with E-state index in [0.29, 0.717) is 39.9 Å². The number of nitrogens with zero attached hydrogens (tertiary/aromatic N) is 5. The van der Waals surface area contributed by atoms with Crippen molar-refractivity contribution in [3.8, 4) is 78.9 Å². The van der Waals surface area contributed by atoms with Gasteiger partial charge in [-0.05, 0) is 117 Å². The first-order valence-corrected chi connectivity index (χ1v) is 25.4. The second kappa shape index (κ2) is 18.2. The topological polar surface area (TPSA) is 48.5 Å². The normalized spacial score (nSPS) is 11.9. The van der Waals surface area contributed by atoms with E-state index in [1.165, 1.54) is 23.3 Å². The first-order chi connectivity index (χ1) is 36.9. The summed E-state index contributed by atoms with van der Waals surface area (Å²) >= 11 is 0. The lowest BCUT2D eigenvalue weighted by Gasteiger charge is -2.21. The average Bonchev–Trinajstić information content (AvgIpc) is 3.97. The monoisotopic (exact) mass is 991 g/mol. The minimum Gasteiger partial charge on any atom is -0.309 e. The van der Waals surface area contributed by atoms with Crippen molar-refractivity contribution in [3.05, 3.63) is 246 Å². The maximum Gasteiger partial charge on any atom is 0.416 e. The van der Waals surface area contributed by atoms with Gasteiger partial charge in [0, 0.05) is 49.4 Å². The van der Waals surface area contributed by atoms with Gasteiger partial charge in [0.1, 0.15) is 0 Å². The summed E-state index contributed by atoms with van der Waals surface area (Å²) in [6.45, 7) is 8.42. The molecule has 0 bridgehead atoms. The van der Waals surface area contributed by atoms with Crippen LogP contribution in [0, 0.1) is 27.7 Å². The highest BCUT2D eigenvalue weighted by Crippen LogP contribution is 2.45. The highest BCUT2D eigenvalue weighted by Gasteiger charge is 2.33. The van der Waals surface area contributed by atoms with Crippen LogP contribution in [0.4, 0.5) is 13.2 Å². The maximum atomic E-state index is 15.3. The Morgan fingerprint density at radius 1 is 0.303 bits per heavy atom. The second-order valence-electron chi connectivity index (χ2n) is 19.9. The molecule has 0 fully saturated rings. The number of aryl methyl sites for hydroxylation is 4. The van der Waals surface area contributed by atoms with Crippen LogP contribution in [0.3, 0.4) is 0 Å². The number of alkyl halides is 3. The highest BCUT2D eigenvalue weighted by atomic mass is 19.4. The summed E-state index contributed by atoms with van der Waals surface area (Å²) in [5.74, 6) is 1.42. The van der Waals surface area contributed by atoms with Gasteiger partial charge in [-0.1, -0.05) is 174 Å². The number of hydrogen-bond acceptors (Lipinski definition) is 3. The van der Waals surface area contributed by atoms with Gasteiger partial charge < -0.3 is 9.13 Å². The number of fused-ring (bicyclic) bond motifs is 6. The molecule has 0 N–H and O–H groups in total. The Kier molecular flexibility index (Phi) is 11.1. The summed E-state index contributed by atoms with van der Waals surface area (Å²) in [5.41, 5.74) is 16.4. The molecule has 76 heavy (non-hydrogen) atoms. The summed E-state index contributed by atoms with van der Waals surface area (Å²) in [7, 11) is 0. The van der Waals surface area contributed by atoms with Crippen LogP contribution in [0.25, 0.3) is 123 Å². The largest absolute Gasteiger partial charge is 0.416 e. The molecule has 0 saturated heterocycles. The Morgan fingerprint density at radius 2 is 0.724 bits per heavy atom. The van der Waals surface area contributed by atoms with E-state index >= 15 is 13.2 Å². The molecule has 8 heteroatoms. The summed E-state index contributed by atoms with van der Waals surface area (Å²) in [6, 6.07) is 72.2. The fourth-order valence-corrected chi connectivity index (χ4v) is 11.3. The van der Waals surface area contributed by atoms with Crippen LogP contribution in [-0.4, -0.2) is 24.1 Å². The van der Waals surface area contributed by atoms with Crippen molar-refractivity contribution < 1.29 is 13.2 Å². The van der Waals surface area contributed by atoms with Gasteiger partial charge in [-0.2, -0.15) is 13.2 Å². The fraction of sp³-hybridized carbons (Fsp3) is 0.0735. The molecule has 0 amide bonds. The third-order valence-electron chi connectivity index (χ3n) is 14.5. The van der Waals surface area contributed by atoms with Crippen molar-refractivity contribution in [3.63, 3.8) is 0 Å². The van der Waals surface area contributed by atoms with Crippen molar-refractivity contribution in [2.75, 3.05) is 0 Å². The van der Waals surface area contributed by atoms with Crippen LogP contribution >= 0.6 is 0 Å². The van der Waals surface area contributed by atoms with Crippen LogP contribution in [0.2, 0.25) is 0 Å². The molecule has 3 heterocycles. The summed E-state index contributed by atoms with van der Waals surface area (Å²) in [4.78, 5) is 15.3. The number of halogens is 3. The quantitative estimate of drug-likeness (QED) is 0.152. The van der Waals surface area contributed by atoms with E-state index in [1.54, 1.807) is 6.07 Å². The van der Waals surface area contributed by atoms with Crippen LogP contribution in [0.15, 0.2) is 218 Å². The molecule has 5 nitrogen and oxygen atoms in total. The molecule has 3 aromatic heterocycles. The van der Waals surface area contributed by atoms with Crippen LogP contribution in [0.1, 0.15) is 27.8 Å². The number of para-hydroxylation sites is 2. The minimum absolute atomic E-state index is 0.377. The predicted octanol–water partition coefficient (Wildman–Crippen LogP) is 18.3. The Bertz CT molecular complexity index is 4340. The van der Waals surface area contributed by atoms with E-state index in [9.17, 15) is 0 Å². The molecular weight excluding hydrogens is 944 g/mol. The molecule has 0 saturated carbocycles. The van der Waals surface area contributed by atoms with Gasteiger partial charge in [0.05, 0.1) is 39.0 Å². The average molecular weight is 992 g/mol. The molecule has 0 spiro atoms. The zero-order valence-electron chi connectivity index (χ0n) is 42.2. The number of hydrogen-bond donors (Lipinski definition) is 0.